The molecule has 0 saturated carbocycles. The Morgan fingerprint density at radius 2 is 1.74 bits per heavy atom. The zero-order chi connectivity index (χ0) is 18.9. The third-order valence-corrected chi connectivity index (χ3v) is 7.28. The van der Waals surface area contributed by atoms with Crippen LogP contribution in [0.25, 0.3) is 0 Å². The van der Waals surface area contributed by atoms with Crippen molar-refractivity contribution in [2.45, 2.75) is 55.9 Å². The van der Waals surface area contributed by atoms with E-state index >= 15 is 0 Å². The van der Waals surface area contributed by atoms with Gasteiger partial charge in [0, 0.05) is 31.6 Å². The van der Waals surface area contributed by atoms with Crippen LogP contribution in [0.2, 0.25) is 0 Å². The van der Waals surface area contributed by atoms with Crippen LogP contribution < -0.4 is 5.32 Å². The maximum absolute atomic E-state index is 13.7. The van der Waals surface area contributed by atoms with Crippen molar-refractivity contribution in [3.05, 3.63) is 35.9 Å². The van der Waals surface area contributed by atoms with Crippen molar-refractivity contribution < 1.29 is 9.59 Å². The van der Waals surface area contributed by atoms with Crippen molar-refractivity contribution in [1.82, 2.24) is 15.1 Å². The molecule has 3 saturated heterocycles. The van der Waals surface area contributed by atoms with Gasteiger partial charge >= 0.3 is 0 Å². The van der Waals surface area contributed by atoms with Crippen molar-refractivity contribution in [2.24, 2.45) is 0 Å². The van der Waals surface area contributed by atoms with Crippen LogP contribution in [0, 0.1) is 0 Å². The molecule has 1 unspecified atom stereocenters. The van der Waals surface area contributed by atoms with Crippen molar-refractivity contribution in [3.63, 3.8) is 0 Å². The van der Waals surface area contributed by atoms with Crippen molar-refractivity contribution in [2.75, 3.05) is 33.2 Å². The SMILES string of the molecule is CN1CCCCC12CCN(C(=O)C1(c3ccccc3)CCC(=O)NC1)CC2. The Hall–Kier alpha value is -1.88. The number of piperidine rings is 3. The molecule has 5 heteroatoms. The van der Waals surface area contributed by atoms with Gasteiger partial charge in [-0.3, -0.25) is 9.59 Å². The molecule has 4 rings (SSSR count). The summed E-state index contributed by atoms with van der Waals surface area (Å²) in [6.45, 7) is 3.24. The largest absolute Gasteiger partial charge is 0.355 e. The summed E-state index contributed by atoms with van der Waals surface area (Å²) in [7, 11) is 2.25. The molecule has 1 spiro atoms. The number of carbonyl (C=O) groups excluding carboxylic acids is 2. The summed E-state index contributed by atoms with van der Waals surface area (Å²) < 4.78 is 0. The molecule has 1 N–H and O–H groups in total. The fraction of sp³-hybridized carbons (Fsp3) is 0.636. The third kappa shape index (κ3) is 3.27. The number of rotatable bonds is 2. The topological polar surface area (TPSA) is 52.7 Å². The molecule has 146 valence electrons. The van der Waals surface area contributed by atoms with Crippen LogP contribution in [0.15, 0.2) is 30.3 Å². The summed E-state index contributed by atoms with van der Waals surface area (Å²) in [6, 6.07) is 10.0. The smallest absolute Gasteiger partial charge is 0.235 e. The minimum atomic E-state index is -0.613. The highest BCUT2D eigenvalue weighted by Gasteiger charge is 2.48. The molecule has 2 amide bonds. The molecule has 0 bridgehead atoms. The van der Waals surface area contributed by atoms with E-state index in [-0.39, 0.29) is 17.4 Å². The molecule has 1 aromatic carbocycles. The zero-order valence-electron chi connectivity index (χ0n) is 16.4. The van der Waals surface area contributed by atoms with Crippen LogP contribution >= 0.6 is 0 Å². The lowest BCUT2D eigenvalue weighted by molar-refractivity contribution is -0.142. The number of benzene rings is 1. The fourth-order valence-electron chi connectivity index (χ4n) is 5.35. The molecule has 3 aliphatic heterocycles. The highest BCUT2D eigenvalue weighted by molar-refractivity contribution is 5.91. The number of nitrogens with one attached hydrogen (secondary N) is 1. The van der Waals surface area contributed by atoms with Gasteiger partial charge < -0.3 is 15.1 Å². The van der Waals surface area contributed by atoms with Crippen LogP contribution in [-0.4, -0.2) is 60.4 Å². The molecular weight excluding hydrogens is 338 g/mol. The first-order valence-corrected chi connectivity index (χ1v) is 10.4. The monoisotopic (exact) mass is 369 g/mol. The lowest BCUT2D eigenvalue weighted by Crippen LogP contribution is -2.61. The predicted octanol–water partition coefficient (Wildman–Crippen LogP) is 2.31. The molecule has 0 aromatic heterocycles. The van der Waals surface area contributed by atoms with Gasteiger partial charge in [-0.25, -0.2) is 0 Å². The third-order valence-electron chi connectivity index (χ3n) is 7.28. The highest BCUT2D eigenvalue weighted by atomic mass is 16.2. The number of carbonyl (C=O) groups is 2. The number of hydrogen-bond acceptors (Lipinski definition) is 3. The van der Waals surface area contributed by atoms with Gasteiger partial charge in [-0.2, -0.15) is 0 Å². The molecule has 3 heterocycles. The van der Waals surface area contributed by atoms with E-state index in [0.717, 1.165) is 31.5 Å². The summed E-state index contributed by atoms with van der Waals surface area (Å²) >= 11 is 0. The standard InChI is InChI=1S/C22H31N3O2/c1-24-14-6-5-10-21(24)12-15-25(16-13-21)20(27)22(11-9-19(26)23-17-22)18-7-3-2-4-8-18/h2-4,7-8H,5-6,9-17H2,1H3,(H,23,26). The number of likely N-dealkylation sites (tertiary alicyclic amines) is 2. The van der Waals surface area contributed by atoms with E-state index in [0.29, 0.717) is 19.4 Å². The Bertz CT molecular complexity index is 685. The first kappa shape index (κ1) is 18.5. The summed E-state index contributed by atoms with van der Waals surface area (Å²) in [5, 5.41) is 2.96. The van der Waals surface area contributed by atoms with E-state index in [2.05, 4.69) is 22.2 Å². The summed E-state index contributed by atoms with van der Waals surface area (Å²) in [5.74, 6) is 0.248. The number of hydrogen-bond donors (Lipinski definition) is 1. The van der Waals surface area contributed by atoms with E-state index in [4.69, 9.17) is 0 Å². The molecule has 0 aliphatic carbocycles. The Balaban J connectivity index is 1.54. The van der Waals surface area contributed by atoms with Crippen molar-refractivity contribution in [3.8, 4) is 0 Å². The summed E-state index contributed by atoms with van der Waals surface area (Å²) in [4.78, 5) is 30.1. The van der Waals surface area contributed by atoms with E-state index in [9.17, 15) is 9.59 Å². The Morgan fingerprint density at radius 1 is 1.00 bits per heavy atom. The van der Waals surface area contributed by atoms with Crippen LogP contribution in [0.5, 0.6) is 0 Å². The zero-order valence-corrected chi connectivity index (χ0v) is 16.4. The molecule has 1 aromatic rings. The first-order chi connectivity index (χ1) is 13.1. The van der Waals surface area contributed by atoms with Gasteiger partial charge in [-0.1, -0.05) is 36.8 Å². The van der Waals surface area contributed by atoms with Gasteiger partial charge in [-0.15, -0.1) is 0 Å². The fourth-order valence-corrected chi connectivity index (χ4v) is 5.35. The normalized spacial score (nSPS) is 28.8. The van der Waals surface area contributed by atoms with Crippen molar-refractivity contribution >= 4 is 11.8 Å². The number of nitrogens with zero attached hydrogens (tertiary/aromatic N) is 2. The van der Waals surface area contributed by atoms with Crippen molar-refractivity contribution in [1.29, 1.82) is 0 Å². The first-order valence-electron chi connectivity index (χ1n) is 10.4. The average molecular weight is 370 g/mol. The maximum atomic E-state index is 13.7. The Labute approximate surface area is 162 Å². The maximum Gasteiger partial charge on any atom is 0.235 e. The Morgan fingerprint density at radius 3 is 2.37 bits per heavy atom. The average Bonchev–Trinajstić information content (AvgIpc) is 2.72. The van der Waals surface area contributed by atoms with Gasteiger partial charge in [0.1, 0.15) is 0 Å². The lowest BCUT2D eigenvalue weighted by atomic mass is 9.72. The van der Waals surface area contributed by atoms with E-state index in [1.54, 1.807) is 0 Å². The molecular formula is C22H31N3O2. The second-order valence-corrected chi connectivity index (χ2v) is 8.62. The van der Waals surface area contributed by atoms with Gasteiger partial charge in [0.05, 0.1) is 5.41 Å². The highest BCUT2D eigenvalue weighted by Crippen LogP contribution is 2.39. The summed E-state index contributed by atoms with van der Waals surface area (Å²) in [5.41, 5.74) is 0.707. The molecule has 0 radical (unpaired) electrons. The Kier molecular flexibility index (Phi) is 4.97. The van der Waals surface area contributed by atoms with Gasteiger partial charge in [0.2, 0.25) is 11.8 Å². The van der Waals surface area contributed by atoms with Gasteiger partial charge in [0.15, 0.2) is 0 Å². The second-order valence-electron chi connectivity index (χ2n) is 8.62. The van der Waals surface area contributed by atoms with Crippen LogP contribution in [0.4, 0.5) is 0 Å². The van der Waals surface area contributed by atoms with E-state index < -0.39 is 5.41 Å². The molecule has 1 atom stereocenters. The van der Waals surface area contributed by atoms with Crippen LogP contribution in [0.1, 0.15) is 50.5 Å². The predicted molar refractivity (Wildman–Crippen MR) is 105 cm³/mol. The number of amides is 2. The second kappa shape index (κ2) is 7.27. The van der Waals surface area contributed by atoms with Gasteiger partial charge in [0.25, 0.3) is 0 Å². The van der Waals surface area contributed by atoms with E-state index in [1.165, 1.54) is 25.8 Å². The van der Waals surface area contributed by atoms with Crippen LogP contribution in [-0.2, 0) is 15.0 Å². The van der Waals surface area contributed by atoms with Crippen LogP contribution in [0.3, 0.4) is 0 Å². The minimum Gasteiger partial charge on any atom is -0.355 e. The van der Waals surface area contributed by atoms with E-state index in [1.807, 2.05) is 30.3 Å². The quantitative estimate of drug-likeness (QED) is 0.870. The van der Waals surface area contributed by atoms with Gasteiger partial charge in [-0.05, 0) is 51.3 Å². The minimum absolute atomic E-state index is 0.0517. The lowest BCUT2D eigenvalue weighted by Gasteiger charge is -2.51. The molecule has 5 nitrogen and oxygen atoms in total. The molecule has 3 aliphatic rings. The molecule has 27 heavy (non-hydrogen) atoms. The molecule has 3 fully saturated rings. The summed E-state index contributed by atoms with van der Waals surface area (Å²) in [6.07, 6.45) is 6.99.